The number of rotatable bonds is 6. The average molecular weight is 353 g/mol. The molecule has 21 heavy (non-hydrogen) atoms. The fourth-order valence-electron chi connectivity index (χ4n) is 2.19. The first-order chi connectivity index (χ1) is 10.1. The van der Waals surface area contributed by atoms with Gasteiger partial charge in [-0.15, -0.1) is 0 Å². The topological polar surface area (TPSA) is 34.1 Å². The molecular weight excluding hydrogens is 335 g/mol. The molecule has 0 aliphatic rings. The second kappa shape index (κ2) is 7.52. The summed E-state index contributed by atoms with van der Waals surface area (Å²) in [7, 11) is 1.46. The van der Waals surface area contributed by atoms with Gasteiger partial charge in [-0.25, -0.2) is 4.39 Å². The number of aromatic nitrogens is 1. The number of benzene rings is 1. The predicted octanol–water partition coefficient (Wildman–Crippen LogP) is 3.89. The molecule has 2 rings (SSSR count). The van der Waals surface area contributed by atoms with Crippen LogP contribution in [0.15, 0.2) is 41.0 Å². The summed E-state index contributed by atoms with van der Waals surface area (Å²) in [5.74, 6) is -0.0745. The van der Waals surface area contributed by atoms with Gasteiger partial charge in [0.1, 0.15) is 0 Å². The van der Waals surface area contributed by atoms with Crippen LogP contribution in [-0.2, 0) is 6.42 Å². The number of pyridine rings is 1. The smallest absolute Gasteiger partial charge is 0.165 e. The van der Waals surface area contributed by atoms with Crippen molar-refractivity contribution in [3.63, 3.8) is 0 Å². The van der Waals surface area contributed by atoms with Crippen molar-refractivity contribution in [2.75, 3.05) is 13.7 Å². The first kappa shape index (κ1) is 15.9. The number of hydrogen-bond donors (Lipinski definition) is 1. The van der Waals surface area contributed by atoms with Crippen molar-refractivity contribution >= 4 is 15.9 Å². The van der Waals surface area contributed by atoms with E-state index in [0.717, 1.165) is 22.3 Å². The molecule has 1 heterocycles. The molecule has 5 heteroatoms. The minimum Gasteiger partial charge on any atom is -0.494 e. The number of hydrogen-bond acceptors (Lipinski definition) is 3. The molecular formula is C16H18BrFN2O. The Balaban J connectivity index is 2.19. The van der Waals surface area contributed by atoms with Crippen molar-refractivity contribution in [2.24, 2.45) is 0 Å². The molecule has 2 aromatic rings. The molecule has 1 aromatic heterocycles. The molecule has 0 bridgehead atoms. The van der Waals surface area contributed by atoms with Crippen LogP contribution in [0.4, 0.5) is 4.39 Å². The van der Waals surface area contributed by atoms with Crippen LogP contribution in [-0.4, -0.2) is 18.6 Å². The summed E-state index contributed by atoms with van der Waals surface area (Å²) >= 11 is 3.38. The zero-order chi connectivity index (χ0) is 15.2. The molecule has 0 aliphatic heterocycles. The van der Waals surface area contributed by atoms with Crippen LogP contribution < -0.4 is 10.1 Å². The second-order valence-corrected chi connectivity index (χ2v) is 5.60. The van der Waals surface area contributed by atoms with Gasteiger partial charge in [-0.3, -0.25) is 4.98 Å². The quantitative estimate of drug-likeness (QED) is 0.856. The van der Waals surface area contributed by atoms with E-state index in [9.17, 15) is 4.39 Å². The molecule has 0 saturated heterocycles. The van der Waals surface area contributed by atoms with Gasteiger partial charge in [-0.05, 0) is 58.7 Å². The van der Waals surface area contributed by atoms with Crippen LogP contribution >= 0.6 is 15.9 Å². The summed E-state index contributed by atoms with van der Waals surface area (Å²) in [5.41, 5.74) is 1.85. The third-order valence-corrected chi connectivity index (χ3v) is 3.68. The lowest BCUT2D eigenvalue weighted by Crippen LogP contribution is -2.23. The number of nitrogens with one attached hydrogen (secondary N) is 1. The number of methoxy groups -OCH3 is 1. The van der Waals surface area contributed by atoms with E-state index in [4.69, 9.17) is 4.74 Å². The Morgan fingerprint density at radius 2 is 2.14 bits per heavy atom. The minimum atomic E-state index is -0.339. The molecule has 3 nitrogen and oxygen atoms in total. The molecule has 1 N–H and O–H groups in total. The summed E-state index contributed by atoms with van der Waals surface area (Å²) in [6.45, 7) is 2.86. The van der Waals surface area contributed by atoms with Gasteiger partial charge in [-0.1, -0.05) is 13.0 Å². The molecule has 0 amide bonds. The monoisotopic (exact) mass is 352 g/mol. The van der Waals surface area contributed by atoms with Crippen molar-refractivity contribution < 1.29 is 9.13 Å². The summed E-state index contributed by atoms with van der Waals surface area (Å²) in [6.07, 6.45) is 2.44. The van der Waals surface area contributed by atoms with E-state index >= 15 is 0 Å². The van der Waals surface area contributed by atoms with E-state index < -0.39 is 0 Å². The van der Waals surface area contributed by atoms with E-state index in [1.165, 1.54) is 13.2 Å². The van der Waals surface area contributed by atoms with Crippen molar-refractivity contribution in [2.45, 2.75) is 19.4 Å². The Labute approximate surface area is 132 Å². The highest BCUT2D eigenvalue weighted by Crippen LogP contribution is 2.22. The Hall–Kier alpha value is -1.46. The summed E-state index contributed by atoms with van der Waals surface area (Å²) < 4.78 is 19.7. The normalized spacial score (nSPS) is 12.2. The Bertz CT molecular complexity index is 589. The summed E-state index contributed by atoms with van der Waals surface area (Å²) in [6, 6.07) is 9.03. The van der Waals surface area contributed by atoms with Crippen molar-refractivity contribution in [1.29, 1.82) is 0 Å². The molecule has 112 valence electrons. The Morgan fingerprint density at radius 3 is 2.71 bits per heavy atom. The SMILES string of the molecule is CCNC(Cc1ccc(OC)c(F)c1)c1ccc(Br)cn1. The van der Waals surface area contributed by atoms with Gasteiger partial charge in [0.15, 0.2) is 11.6 Å². The molecule has 1 atom stereocenters. The van der Waals surface area contributed by atoms with Gasteiger partial charge < -0.3 is 10.1 Å². The largest absolute Gasteiger partial charge is 0.494 e. The van der Waals surface area contributed by atoms with Crippen LogP contribution in [0.2, 0.25) is 0 Å². The second-order valence-electron chi connectivity index (χ2n) is 4.68. The number of ether oxygens (including phenoxy) is 1. The summed E-state index contributed by atoms with van der Waals surface area (Å²) in [5, 5.41) is 3.38. The maximum absolute atomic E-state index is 13.8. The average Bonchev–Trinajstić information content (AvgIpc) is 2.48. The Kier molecular flexibility index (Phi) is 5.70. The number of nitrogens with zero attached hydrogens (tertiary/aromatic N) is 1. The standard InChI is InChI=1S/C16H18BrFN2O/c1-3-19-15(14-6-5-12(17)10-20-14)9-11-4-7-16(21-2)13(18)8-11/h4-8,10,15,19H,3,9H2,1-2H3. The fourth-order valence-corrected chi connectivity index (χ4v) is 2.43. The lowest BCUT2D eigenvalue weighted by Gasteiger charge is -2.18. The van der Waals surface area contributed by atoms with Gasteiger partial charge in [0.05, 0.1) is 18.8 Å². The molecule has 0 fully saturated rings. The maximum atomic E-state index is 13.8. The molecule has 0 radical (unpaired) electrons. The molecule has 0 spiro atoms. The fraction of sp³-hybridized carbons (Fsp3) is 0.312. The van der Waals surface area contributed by atoms with Crippen LogP contribution in [0.5, 0.6) is 5.75 Å². The lowest BCUT2D eigenvalue weighted by molar-refractivity contribution is 0.386. The third-order valence-electron chi connectivity index (χ3n) is 3.21. The number of likely N-dealkylation sites (N-methyl/N-ethyl adjacent to an activating group) is 1. The molecule has 1 unspecified atom stereocenters. The van der Waals surface area contributed by atoms with Gasteiger partial charge in [0.25, 0.3) is 0 Å². The zero-order valence-electron chi connectivity index (χ0n) is 12.1. The van der Waals surface area contributed by atoms with Gasteiger partial charge >= 0.3 is 0 Å². The van der Waals surface area contributed by atoms with Crippen molar-refractivity contribution in [3.05, 3.63) is 58.1 Å². The minimum absolute atomic E-state index is 0.0518. The zero-order valence-corrected chi connectivity index (χ0v) is 13.7. The van der Waals surface area contributed by atoms with Crippen molar-refractivity contribution in [1.82, 2.24) is 10.3 Å². The highest BCUT2D eigenvalue weighted by molar-refractivity contribution is 9.10. The van der Waals surface area contributed by atoms with E-state index in [0.29, 0.717) is 6.42 Å². The first-order valence-corrected chi connectivity index (χ1v) is 7.60. The van der Waals surface area contributed by atoms with E-state index in [2.05, 4.69) is 26.2 Å². The molecule has 1 aromatic carbocycles. The highest BCUT2D eigenvalue weighted by atomic mass is 79.9. The van der Waals surface area contributed by atoms with Gasteiger partial charge in [0.2, 0.25) is 0 Å². The van der Waals surface area contributed by atoms with Gasteiger partial charge in [0, 0.05) is 10.7 Å². The highest BCUT2D eigenvalue weighted by Gasteiger charge is 2.14. The predicted molar refractivity (Wildman–Crippen MR) is 85.0 cm³/mol. The van der Waals surface area contributed by atoms with Gasteiger partial charge in [-0.2, -0.15) is 0 Å². The first-order valence-electron chi connectivity index (χ1n) is 6.81. The van der Waals surface area contributed by atoms with Crippen molar-refractivity contribution in [3.8, 4) is 5.75 Å². The van der Waals surface area contributed by atoms with Crippen LogP contribution in [0, 0.1) is 5.82 Å². The Morgan fingerprint density at radius 1 is 1.33 bits per heavy atom. The van der Waals surface area contributed by atoms with E-state index in [1.54, 1.807) is 12.3 Å². The van der Waals surface area contributed by atoms with E-state index in [-0.39, 0.29) is 17.6 Å². The van der Waals surface area contributed by atoms with Crippen LogP contribution in [0.1, 0.15) is 24.2 Å². The van der Waals surface area contributed by atoms with Crippen LogP contribution in [0.25, 0.3) is 0 Å². The molecule has 0 saturated carbocycles. The van der Waals surface area contributed by atoms with Crippen LogP contribution in [0.3, 0.4) is 0 Å². The third kappa shape index (κ3) is 4.25. The van der Waals surface area contributed by atoms with E-state index in [1.807, 2.05) is 25.1 Å². The molecule has 0 aliphatic carbocycles. The number of halogens is 2. The summed E-state index contributed by atoms with van der Waals surface area (Å²) in [4.78, 5) is 4.42. The lowest BCUT2D eigenvalue weighted by atomic mass is 10.0. The maximum Gasteiger partial charge on any atom is 0.165 e.